The van der Waals surface area contributed by atoms with Crippen molar-refractivity contribution in [2.24, 2.45) is 5.41 Å². The predicted molar refractivity (Wildman–Crippen MR) is 75.1 cm³/mol. The second kappa shape index (κ2) is 7.60. The van der Waals surface area contributed by atoms with Crippen molar-refractivity contribution in [1.29, 1.82) is 0 Å². The summed E-state index contributed by atoms with van der Waals surface area (Å²) >= 11 is 0. The Kier molecular flexibility index (Phi) is 6.45. The van der Waals surface area contributed by atoms with Crippen molar-refractivity contribution in [2.75, 3.05) is 20.3 Å². The largest absolute Gasteiger partial charge is 0.384 e. The maximum atomic E-state index is 5.31. The number of hydrogen-bond donors (Lipinski definition) is 1. The molecule has 0 saturated heterocycles. The highest BCUT2D eigenvalue weighted by Gasteiger charge is 2.26. The summed E-state index contributed by atoms with van der Waals surface area (Å²) in [4.78, 5) is 4.41. The van der Waals surface area contributed by atoms with Crippen LogP contribution in [-0.4, -0.2) is 36.4 Å². The van der Waals surface area contributed by atoms with E-state index in [9.17, 15) is 0 Å². The van der Waals surface area contributed by atoms with E-state index in [1.54, 1.807) is 7.11 Å². The van der Waals surface area contributed by atoms with Crippen molar-refractivity contribution < 1.29 is 9.26 Å². The molecular formula is C14H27N3O2. The predicted octanol–water partition coefficient (Wildman–Crippen LogP) is 2.22. The Hall–Kier alpha value is -0.940. The molecule has 0 amide bonds. The quantitative estimate of drug-likeness (QED) is 0.784. The summed E-state index contributed by atoms with van der Waals surface area (Å²) in [6.45, 7) is 10.5. The van der Waals surface area contributed by atoms with Crippen LogP contribution in [0, 0.1) is 5.41 Å². The van der Waals surface area contributed by atoms with Gasteiger partial charge in [-0.15, -0.1) is 0 Å². The molecule has 1 atom stereocenters. The Labute approximate surface area is 116 Å². The first-order valence-electron chi connectivity index (χ1n) is 7.01. The molecular weight excluding hydrogens is 242 g/mol. The number of rotatable bonds is 8. The fraction of sp³-hybridized carbons (Fsp3) is 0.857. The van der Waals surface area contributed by atoms with Crippen LogP contribution in [0.25, 0.3) is 0 Å². The smallest absolute Gasteiger partial charge is 0.228 e. The molecule has 5 nitrogen and oxygen atoms in total. The normalized spacial score (nSPS) is 13.7. The molecule has 1 aromatic heterocycles. The zero-order valence-electron chi connectivity index (χ0n) is 12.8. The van der Waals surface area contributed by atoms with E-state index >= 15 is 0 Å². The van der Waals surface area contributed by atoms with Gasteiger partial charge in [0.1, 0.15) is 0 Å². The van der Waals surface area contributed by atoms with Crippen LogP contribution in [-0.2, 0) is 17.6 Å². The SMILES string of the molecule is CCCNC(Cc1nc(CCOC)no1)C(C)(C)C. The van der Waals surface area contributed by atoms with E-state index in [4.69, 9.17) is 9.26 Å². The highest BCUT2D eigenvalue weighted by atomic mass is 16.5. The van der Waals surface area contributed by atoms with Crippen molar-refractivity contribution in [1.82, 2.24) is 15.5 Å². The van der Waals surface area contributed by atoms with E-state index < -0.39 is 0 Å². The lowest BCUT2D eigenvalue weighted by Gasteiger charge is -2.30. The van der Waals surface area contributed by atoms with Gasteiger partial charge >= 0.3 is 0 Å². The molecule has 0 bridgehead atoms. The molecule has 0 aromatic carbocycles. The van der Waals surface area contributed by atoms with Crippen LogP contribution in [0.2, 0.25) is 0 Å². The van der Waals surface area contributed by atoms with E-state index in [1.165, 1.54) is 0 Å². The first kappa shape index (κ1) is 16.1. The van der Waals surface area contributed by atoms with Crippen molar-refractivity contribution in [2.45, 2.75) is 53.0 Å². The van der Waals surface area contributed by atoms with Crippen molar-refractivity contribution >= 4 is 0 Å². The third kappa shape index (κ3) is 5.70. The fourth-order valence-electron chi connectivity index (χ4n) is 1.85. The van der Waals surface area contributed by atoms with Crippen molar-refractivity contribution in [3.05, 3.63) is 11.7 Å². The first-order valence-corrected chi connectivity index (χ1v) is 7.01. The summed E-state index contributed by atoms with van der Waals surface area (Å²) in [5, 5.41) is 7.53. The van der Waals surface area contributed by atoms with Crippen LogP contribution in [0.4, 0.5) is 0 Å². The number of aromatic nitrogens is 2. The van der Waals surface area contributed by atoms with Gasteiger partial charge in [-0.05, 0) is 18.4 Å². The molecule has 1 N–H and O–H groups in total. The number of hydrogen-bond acceptors (Lipinski definition) is 5. The molecule has 0 fully saturated rings. The van der Waals surface area contributed by atoms with Gasteiger partial charge in [0.2, 0.25) is 5.89 Å². The molecule has 1 heterocycles. The van der Waals surface area contributed by atoms with Gasteiger partial charge in [-0.1, -0.05) is 32.9 Å². The lowest BCUT2D eigenvalue weighted by molar-refractivity contribution is 0.199. The maximum absolute atomic E-state index is 5.31. The van der Waals surface area contributed by atoms with Gasteiger partial charge in [-0.2, -0.15) is 4.98 Å². The number of ether oxygens (including phenoxy) is 1. The van der Waals surface area contributed by atoms with Crippen LogP contribution in [0.15, 0.2) is 4.52 Å². The van der Waals surface area contributed by atoms with E-state index in [1.807, 2.05) is 0 Å². The molecule has 110 valence electrons. The zero-order valence-corrected chi connectivity index (χ0v) is 12.8. The van der Waals surface area contributed by atoms with Gasteiger partial charge in [0.25, 0.3) is 0 Å². The van der Waals surface area contributed by atoms with E-state index in [0.717, 1.165) is 25.2 Å². The lowest BCUT2D eigenvalue weighted by Crippen LogP contribution is -2.42. The molecule has 19 heavy (non-hydrogen) atoms. The van der Waals surface area contributed by atoms with Crippen molar-refractivity contribution in [3.8, 4) is 0 Å². The average Bonchev–Trinajstić information content (AvgIpc) is 2.78. The van der Waals surface area contributed by atoms with Gasteiger partial charge in [0, 0.05) is 26.0 Å². The number of nitrogens with one attached hydrogen (secondary N) is 1. The topological polar surface area (TPSA) is 60.2 Å². The summed E-state index contributed by atoms with van der Waals surface area (Å²) in [6, 6.07) is 0.336. The maximum Gasteiger partial charge on any atom is 0.228 e. The Morgan fingerprint density at radius 1 is 1.37 bits per heavy atom. The lowest BCUT2D eigenvalue weighted by atomic mass is 9.84. The van der Waals surface area contributed by atoms with Crippen LogP contribution in [0.5, 0.6) is 0 Å². The Balaban J connectivity index is 2.60. The second-order valence-electron chi connectivity index (χ2n) is 5.92. The van der Waals surface area contributed by atoms with Crippen LogP contribution in [0.3, 0.4) is 0 Å². The van der Waals surface area contributed by atoms with Crippen LogP contribution >= 0.6 is 0 Å². The molecule has 0 aliphatic heterocycles. The van der Waals surface area contributed by atoms with Gasteiger partial charge in [0.05, 0.1) is 6.61 Å². The van der Waals surface area contributed by atoms with Gasteiger partial charge < -0.3 is 14.6 Å². The molecule has 0 saturated carbocycles. The molecule has 1 aromatic rings. The summed E-state index contributed by atoms with van der Waals surface area (Å²) in [5.41, 5.74) is 0.163. The Morgan fingerprint density at radius 2 is 2.11 bits per heavy atom. The minimum atomic E-state index is 0.163. The third-order valence-corrected chi connectivity index (χ3v) is 3.10. The standard InChI is InChI=1S/C14H27N3O2/c1-6-8-15-11(14(2,3)4)10-13-16-12(17-19-13)7-9-18-5/h11,15H,6-10H2,1-5H3. The molecule has 0 aliphatic carbocycles. The molecule has 0 spiro atoms. The number of methoxy groups -OCH3 is 1. The van der Waals surface area contributed by atoms with E-state index in [0.29, 0.717) is 25.0 Å². The molecule has 0 radical (unpaired) electrons. The Bertz CT molecular complexity index is 358. The monoisotopic (exact) mass is 269 g/mol. The minimum Gasteiger partial charge on any atom is -0.384 e. The summed E-state index contributed by atoms with van der Waals surface area (Å²) in [7, 11) is 1.67. The van der Waals surface area contributed by atoms with Gasteiger partial charge in [-0.25, -0.2) is 0 Å². The van der Waals surface area contributed by atoms with Crippen LogP contribution < -0.4 is 5.32 Å². The first-order chi connectivity index (χ1) is 8.97. The minimum absolute atomic E-state index is 0.163. The summed E-state index contributed by atoms with van der Waals surface area (Å²) < 4.78 is 10.3. The molecule has 1 rings (SSSR count). The zero-order chi connectivity index (χ0) is 14.3. The van der Waals surface area contributed by atoms with Crippen LogP contribution in [0.1, 0.15) is 45.8 Å². The molecule has 1 unspecified atom stereocenters. The second-order valence-corrected chi connectivity index (χ2v) is 5.92. The summed E-state index contributed by atoms with van der Waals surface area (Å²) in [5.74, 6) is 1.43. The van der Waals surface area contributed by atoms with E-state index in [-0.39, 0.29) is 5.41 Å². The fourth-order valence-corrected chi connectivity index (χ4v) is 1.85. The van der Waals surface area contributed by atoms with Gasteiger partial charge in [0.15, 0.2) is 5.82 Å². The Morgan fingerprint density at radius 3 is 2.68 bits per heavy atom. The molecule has 5 heteroatoms. The number of nitrogens with zero attached hydrogens (tertiary/aromatic N) is 2. The average molecular weight is 269 g/mol. The van der Waals surface area contributed by atoms with E-state index in [2.05, 4.69) is 43.2 Å². The van der Waals surface area contributed by atoms with Gasteiger partial charge in [-0.3, -0.25) is 0 Å². The molecule has 0 aliphatic rings. The third-order valence-electron chi connectivity index (χ3n) is 3.10. The highest BCUT2D eigenvalue weighted by Crippen LogP contribution is 2.22. The summed E-state index contributed by atoms with van der Waals surface area (Å²) in [6.07, 6.45) is 2.58. The highest BCUT2D eigenvalue weighted by molar-refractivity contribution is 4.93. The van der Waals surface area contributed by atoms with Crippen molar-refractivity contribution in [3.63, 3.8) is 0 Å².